The van der Waals surface area contributed by atoms with Crippen molar-refractivity contribution in [1.29, 1.82) is 0 Å². The number of ether oxygens (including phenoxy) is 1. The zero-order valence-corrected chi connectivity index (χ0v) is 13.9. The van der Waals surface area contributed by atoms with E-state index in [0.29, 0.717) is 6.42 Å². The summed E-state index contributed by atoms with van der Waals surface area (Å²) in [4.78, 5) is 22.6. The molecule has 0 spiro atoms. The molecule has 0 aromatic heterocycles. The van der Waals surface area contributed by atoms with Crippen molar-refractivity contribution in [3.63, 3.8) is 0 Å². The van der Waals surface area contributed by atoms with E-state index in [-0.39, 0.29) is 18.9 Å². The van der Waals surface area contributed by atoms with E-state index in [1.165, 1.54) is 0 Å². The summed E-state index contributed by atoms with van der Waals surface area (Å²) in [5.41, 5.74) is 2.57. The van der Waals surface area contributed by atoms with Gasteiger partial charge in [0.1, 0.15) is 5.75 Å². The maximum atomic E-state index is 12.0. The molecule has 0 radical (unpaired) electrons. The number of carbonyl (C=O) groups is 2. The molecule has 0 saturated carbocycles. The van der Waals surface area contributed by atoms with Gasteiger partial charge in [0.25, 0.3) is 5.91 Å². The Morgan fingerprint density at radius 1 is 1.18 bits per heavy atom. The molecule has 0 saturated heterocycles. The molecule has 0 atom stereocenters. The highest BCUT2D eigenvalue weighted by molar-refractivity contribution is 5.78. The van der Waals surface area contributed by atoms with Gasteiger partial charge < -0.3 is 15.2 Å². The van der Waals surface area contributed by atoms with Gasteiger partial charge in [0.05, 0.1) is 0 Å². The van der Waals surface area contributed by atoms with Crippen molar-refractivity contribution in [1.82, 2.24) is 5.32 Å². The lowest BCUT2D eigenvalue weighted by Gasteiger charge is -2.25. The van der Waals surface area contributed by atoms with Gasteiger partial charge in [-0.1, -0.05) is 17.7 Å². The zero-order valence-electron chi connectivity index (χ0n) is 13.9. The molecule has 1 rings (SSSR count). The predicted molar refractivity (Wildman–Crippen MR) is 85.2 cm³/mol. The predicted octanol–water partition coefficient (Wildman–Crippen LogP) is 2.75. The average molecular weight is 307 g/mol. The first-order chi connectivity index (χ1) is 10.1. The summed E-state index contributed by atoms with van der Waals surface area (Å²) in [6.45, 7) is 9.43. The molecule has 0 fully saturated rings. The van der Waals surface area contributed by atoms with Crippen LogP contribution in [-0.2, 0) is 9.59 Å². The van der Waals surface area contributed by atoms with E-state index in [4.69, 9.17) is 9.84 Å². The highest BCUT2D eigenvalue weighted by atomic mass is 16.5. The van der Waals surface area contributed by atoms with Crippen molar-refractivity contribution in [2.75, 3.05) is 6.61 Å². The monoisotopic (exact) mass is 307 g/mol. The molecule has 1 amide bonds. The molecule has 1 aromatic rings. The number of rotatable bonds is 7. The highest BCUT2D eigenvalue weighted by Crippen LogP contribution is 2.24. The van der Waals surface area contributed by atoms with Crippen molar-refractivity contribution in [2.45, 2.75) is 53.0 Å². The summed E-state index contributed by atoms with van der Waals surface area (Å²) < 4.78 is 5.63. The first-order valence-corrected chi connectivity index (χ1v) is 7.34. The maximum absolute atomic E-state index is 12.0. The van der Waals surface area contributed by atoms with Crippen LogP contribution in [0.4, 0.5) is 0 Å². The van der Waals surface area contributed by atoms with E-state index in [1.54, 1.807) is 13.8 Å². The normalized spacial score (nSPS) is 11.1. The Hall–Kier alpha value is -2.04. The molecular weight excluding hydrogens is 282 g/mol. The lowest BCUT2D eigenvalue weighted by atomic mass is 9.98. The van der Waals surface area contributed by atoms with Crippen LogP contribution < -0.4 is 10.1 Å². The number of benzene rings is 1. The molecule has 22 heavy (non-hydrogen) atoms. The van der Waals surface area contributed by atoms with Crippen molar-refractivity contribution in [3.8, 4) is 5.75 Å². The quantitative estimate of drug-likeness (QED) is 0.812. The van der Waals surface area contributed by atoms with Gasteiger partial charge in [-0.25, -0.2) is 0 Å². The number of aryl methyl sites for hydroxylation is 3. The number of carbonyl (C=O) groups excluding carboxylic acids is 1. The number of hydrogen-bond donors (Lipinski definition) is 2. The Morgan fingerprint density at radius 2 is 1.73 bits per heavy atom. The van der Waals surface area contributed by atoms with Crippen LogP contribution in [0.5, 0.6) is 5.75 Å². The molecule has 0 unspecified atom stereocenters. The number of aliphatic carboxylic acids is 1. The maximum Gasteiger partial charge on any atom is 0.303 e. The van der Waals surface area contributed by atoms with E-state index in [0.717, 1.165) is 22.4 Å². The van der Waals surface area contributed by atoms with Gasteiger partial charge >= 0.3 is 5.97 Å². The van der Waals surface area contributed by atoms with Gasteiger partial charge in [0.2, 0.25) is 0 Å². The summed E-state index contributed by atoms with van der Waals surface area (Å²) in [7, 11) is 0. The molecule has 122 valence electrons. The van der Waals surface area contributed by atoms with Crippen LogP contribution in [0, 0.1) is 20.8 Å². The van der Waals surface area contributed by atoms with Crippen molar-refractivity contribution in [2.24, 2.45) is 0 Å². The van der Waals surface area contributed by atoms with Crippen LogP contribution in [0.3, 0.4) is 0 Å². The molecular formula is C17H25NO4. The van der Waals surface area contributed by atoms with E-state index in [2.05, 4.69) is 5.32 Å². The second kappa shape index (κ2) is 7.29. The van der Waals surface area contributed by atoms with Crippen LogP contribution >= 0.6 is 0 Å². The number of amides is 1. The topological polar surface area (TPSA) is 75.6 Å². The molecule has 5 nitrogen and oxygen atoms in total. The van der Waals surface area contributed by atoms with Gasteiger partial charge in [-0.3, -0.25) is 9.59 Å². The number of hydrogen-bond acceptors (Lipinski definition) is 3. The molecule has 0 aliphatic rings. The first-order valence-electron chi connectivity index (χ1n) is 7.34. The highest BCUT2D eigenvalue weighted by Gasteiger charge is 2.21. The molecule has 1 aromatic carbocycles. The molecule has 0 aliphatic heterocycles. The van der Waals surface area contributed by atoms with Crippen LogP contribution in [0.1, 0.15) is 43.4 Å². The largest absolute Gasteiger partial charge is 0.483 e. The molecule has 0 heterocycles. The fraction of sp³-hybridized carbons (Fsp3) is 0.529. The summed E-state index contributed by atoms with van der Waals surface area (Å²) in [6, 6.07) is 4.02. The van der Waals surface area contributed by atoms with Gasteiger partial charge in [-0.15, -0.1) is 0 Å². The zero-order chi connectivity index (χ0) is 16.9. The third-order valence-corrected chi connectivity index (χ3v) is 3.39. The van der Waals surface area contributed by atoms with Gasteiger partial charge in [-0.2, -0.15) is 0 Å². The fourth-order valence-corrected chi connectivity index (χ4v) is 2.43. The number of nitrogens with one attached hydrogen (secondary N) is 1. The standard InChI is InChI=1S/C17H25NO4/c1-11-8-12(2)16(13(3)9-11)22-10-14(19)18-17(4,5)7-6-15(20)21/h8-9H,6-7,10H2,1-5H3,(H,18,19)(H,20,21). The van der Waals surface area contributed by atoms with E-state index in [1.807, 2.05) is 32.9 Å². The average Bonchev–Trinajstić information content (AvgIpc) is 2.34. The molecule has 0 aliphatic carbocycles. The Balaban J connectivity index is 2.58. The Bertz CT molecular complexity index is 541. The van der Waals surface area contributed by atoms with Crippen molar-refractivity contribution < 1.29 is 19.4 Å². The minimum Gasteiger partial charge on any atom is -0.483 e. The van der Waals surface area contributed by atoms with Crippen molar-refractivity contribution >= 4 is 11.9 Å². The van der Waals surface area contributed by atoms with E-state index in [9.17, 15) is 9.59 Å². The SMILES string of the molecule is Cc1cc(C)c(OCC(=O)NC(C)(C)CCC(=O)O)c(C)c1. The molecule has 0 bridgehead atoms. The van der Waals surface area contributed by atoms with Gasteiger partial charge in [0.15, 0.2) is 6.61 Å². The van der Waals surface area contributed by atoms with Crippen molar-refractivity contribution in [3.05, 3.63) is 28.8 Å². The smallest absolute Gasteiger partial charge is 0.303 e. The minimum absolute atomic E-state index is 0.0182. The Labute approximate surface area is 131 Å². The van der Waals surface area contributed by atoms with Crippen LogP contribution in [0.15, 0.2) is 12.1 Å². The fourth-order valence-electron chi connectivity index (χ4n) is 2.43. The van der Waals surface area contributed by atoms with E-state index >= 15 is 0 Å². The summed E-state index contributed by atoms with van der Waals surface area (Å²) >= 11 is 0. The molecule has 2 N–H and O–H groups in total. The Kier molecular flexibility index (Phi) is 5.97. The third kappa shape index (κ3) is 5.76. The summed E-state index contributed by atoms with van der Waals surface area (Å²) in [6.07, 6.45) is 0.390. The number of carboxylic acids is 1. The third-order valence-electron chi connectivity index (χ3n) is 3.39. The van der Waals surface area contributed by atoms with Crippen LogP contribution in [0.2, 0.25) is 0 Å². The van der Waals surface area contributed by atoms with Crippen LogP contribution in [-0.4, -0.2) is 29.1 Å². The van der Waals surface area contributed by atoms with Crippen LogP contribution in [0.25, 0.3) is 0 Å². The Morgan fingerprint density at radius 3 is 2.23 bits per heavy atom. The lowest BCUT2D eigenvalue weighted by molar-refractivity contribution is -0.138. The lowest BCUT2D eigenvalue weighted by Crippen LogP contribution is -2.45. The second-order valence-corrected chi connectivity index (χ2v) is 6.34. The van der Waals surface area contributed by atoms with E-state index < -0.39 is 11.5 Å². The number of carboxylic acid groups (broad SMARTS) is 1. The summed E-state index contributed by atoms with van der Waals surface area (Å²) in [5, 5.41) is 11.5. The van der Waals surface area contributed by atoms with Gasteiger partial charge in [0, 0.05) is 12.0 Å². The summed E-state index contributed by atoms with van der Waals surface area (Å²) in [5.74, 6) is -0.400. The molecule has 5 heteroatoms. The first kappa shape index (κ1) is 18.0. The van der Waals surface area contributed by atoms with Gasteiger partial charge in [-0.05, 0) is 52.2 Å². The minimum atomic E-state index is -0.871. The second-order valence-electron chi connectivity index (χ2n) is 6.34.